The number of aliphatic hydroxyl groups is 1. The molecular formula is C26H29FN2O3. The largest absolute Gasteiger partial charge is 0.482 e. The van der Waals surface area contributed by atoms with Gasteiger partial charge in [-0.2, -0.15) is 0 Å². The molecule has 1 fully saturated rings. The van der Waals surface area contributed by atoms with Crippen LogP contribution in [0.1, 0.15) is 55.4 Å². The van der Waals surface area contributed by atoms with Crippen molar-refractivity contribution in [1.82, 2.24) is 4.90 Å². The lowest BCUT2D eigenvalue weighted by molar-refractivity contribution is -0.110. The van der Waals surface area contributed by atoms with Crippen LogP contribution in [0.2, 0.25) is 0 Å². The van der Waals surface area contributed by atoms with Crippen molar-refractivity contribution in [2.45, 2.75) is 51.2 Å². The summed E-state index contributed by atoms with van der Waals surface area (Å²) < 4.78 is 20.2. The number of aliphatic hydroxyl groups excluding tert-OH is 1. The SMILES string of the molecule is CC1(C)O/C(=C2/C(=O)Nc3ccc(F)cc32)c2ccc(CCCN3CCCC(O)C3)cc21. The molecule has 2 N–H and O–H groups in total. The summed E-state index contributed by atoms with van der Waals surface area (Å²) in [7, 11) is 0. The lowest BCUT2D eigenvalue weighted by atomic mass is 9.91. The van der Waals surface area contributed by atoms with E-state index in [1.807, 2.05) is 19.9 Å². The van der Waals surface area contributed by atoms with Crippen LogP contribution in [0.25, 0.3) is 11.3 Å². The second kappa shape index (κ2) is 8.01. The normalized spacial score (nSPS) is 24.1. The second-order valence-corrected chi connectivity index (χ2v) is 9.54. The minimum atomic E-state index is -0.582. The highest BCUT2D eigenvalue weighted by molar-refractivity contribution is 6.36. The molecule has 0 saturated carbocycles. The van der Waals surface area contributed by atoms with Crippen molar-refractivity contribution < 1.29 is 19.0 Å². The number of β-amino-alcohol motifs (C(OH)–C–C–N with tert-alkyl or cyclic N) is 1. The molecule has 5 rings (SSSR count). The van der Waals surface area contributed by atoms with E-state index in [-0.39, 0.29) is 17.8 Å². The first kappa shape index (κ1) is 21.2. The van der Waals surface area contributed by atoms with Crippen LogP contribution < -0.4 is 5.32 Å². The summed E-state index contributed by atoms with van der Waals surface area (Å²) in [5.74, 6) is -0.134. The van der Waals surface area contributed by atoms with Gasteiger partial charge in [0.15, 0.2) is 0 Å². The molecule has 0 aromatic heterocycles. The number of aryl methyl sites for hydroxylation is 1. The van der Waals surface area contributed by atoms with E-state index in [0.29, 0.717) is 22.6 Å². The minimum absolute atomic E-state index is 0.195. The highest BCUT2D eigenvalue weighted by atomic mass is 19.1. The number of rotatable bonds is 4. The number of carbonyl (C=O) groups is 1. The zero-order valence-corrected chi connectivity index (χ0v) is 18.6. The van der Waals surface area contributed by atoms with Crippen molar-refractivity contribution >= 4 is 22.9 Å². The Labute approximate surface area is 187 Å². The molecule has 3 aliphatic heterocycles. The summed E-state index contributed by atoms with van der Waals surface area (Å²) in [4.78, 5) is 15.1. The lowest BCUT2D eigenvalue weighted by Gasteiger charge is -2.29. The molecule has 3 heterocycles. The standard InChI is InChI=1S/C26H29FN2O3/c1-26(2)21-13-16(5-3-11-29-12-4-6-18(30)15-29)7-9-19(21)24(32-26)23-20-14-17(27)8-10-22(20)28-25(23)31/h7-10,13-14,18,30H,3-6,11-12,15H2,1-2H3,(H,28,31)/b24-23+. The van der Waals surface area contributed by atoms with E-state index in [4.69, 9.17) is 4.74 Å². The van der Waals surface area contributed by atoms with Gasteiger partial charge in [-0.15, -0.1) is 0 Å². The summed E-state index contributed by atoms with van der Waals surface area (Å²) in [6.07, 6.45) is 3.73. The van der Waals surface area contributed by atoms with Crippen LogP contribution >= 0.6 is 0 Å². The van der Waals surface area contributed by atoms with E-state index in [0.717, 1.165) is 56.4 Å². The highest BCUT2D eigenvalue weighted by Gasteiger charge is 2.40. The molecule has 0 spiro atoms. The Hall–Kier alpha value is -2.70. The van der Waals surface area contributed by atoms with Gasteiger partial charge in [0, 0.05) is 28.9 Å². The number of ether oxygens (including phenoxy) is 1. The van der Waals surface area contributed by atoms with E-state index in [1.54, 1.807) is 6.07 Å². The van der Waals surface area contributed by atoms with Crippen molar-refractivity contribution in [3.8, 4) is 0 Å². The van der Waals surface area contributed by atoms with Crippen LogP contribution in [0.4, 0.5) is 10.1 Å². The van der Waals surface area contributed by atoms with Crippen LogP contribution in [-0.2, 0) is 21.6 Å². The predicted molar refractivity (Wildman–Crippen MR) is 122 cm³/mol. The molecule has 0 aliphatic carbocycles. The number of nitrogens with one attached hydrogen (secondary N) is 1. The molecule has 32 heavy (non-hydrogen) atoms. The number of halogens is 1. The van der Waals surface area contributed by atoms with Crippen LogP contribution in [0.3, 0.4) is 0 Å². The van der Waals surface area contributed by atoms with Crippen LogP contribution in [0.15, 0.2) is 36.4 Å². The molecule has 6 heteroatoms. The maximum atomic E-state index is 13.9. The minimum Gasteiger partial charge on any atom is -0.482 e. The van der Waals surface area contributed by atoms with Gasteiger partial charge in [-0.25, -0.2) is 4.39 Å². The molecule has 1 unspecified atom stereocenters. The summed E-state index contributed by atoms with van der Waals surface area (Å²) in [6, 6.07) is 10.6. The number of anilines is 1. The Bertz CT molecular complexity index is 1110. The Morgan fingerprint density at radius 3 is 2.88 bits per heavy atom. The quantitative estimate of drug-likeness (QED) is 0.702. The third kappa shape index (κ3) is 3.82. The molecule has 1 atom stereocenters. The third-order valence-corrected chi connectivity index (χ3v) is 6.71. The van der Waals surface area contributed by atoms with Gasteiger partial charge < -0.3 is 20.1 Å². The molecule has 5 nitrogen and oxygen atoms in total. The number of carbonyl (C=O) groups excluding carboxylic acids is 1. The average Bonchev–Trinajstić information content (AvgIpc) is 3.20. The highest BCUT2D eigenvalue weighted by Crippen LogP contribution is 2.48. The van der Waals surface area contributed by atoms with Crippen molar-refractivity contribution in [2.75, 3.05) is 25.0 Å². The fraction of sp³-hybridized carbons (Fsp3) is 0.423. The van der Waals surface area contributed by atoms with Gasteiger partial charge in [-0.05, 0) is 76.4 Å². The molecule has 3 aliphatic rings. The van der Waals surface area contributed by atoms with Gasteiger partial charge in [0.2, 0.25) is 0 Å². The molecule has 0 radical (unpaired) electrons. The second-order valence-electron chi connectivity index (χ2n) is 9.54. The summed E-state index contributed by atoms with van der Waals surface area (Å²) in [5, 5.41) is 12.7. The van der Waals surface area contributed by atoms with Crippen molar-refractivity contribution in [1.29, 1.82) is 0 Å². The van der Waals surface area contributed by atoms with Crippen molar-refractivity contribution in [2.24, 2.45) is 0 Å². The summed E-state index contributed by atoms with van der Waals surface area (Å²) in [6.45, 7) is 6.80. The number of hydrogen-bond acceptors (Lipinski definition) is 4. The number of likely N-dealkylation sites (tertiary alicyclic amines) is 1. The zero-order valence-electron chi connectivity index (χ0n) is 18.6. The Morgan fingerprint density at radius 2 is 2.06 bits per heavy atom. The first-order valence-corrected chi connectivity index (χ1v) is 11.4. The van der Waals surface area contributed by atoms with E-state index in [2.05, 4.69) is 22.3 Å². The fourth-order valence-electron chi connectivity index (χ4n) is 5.10. The van der Waals surface area contributed by atoms with Crippen LogP contribution in [-0.4, -0.2) is 41.7 Å². The molecule has 1 saturated heterocycles. The number of fused-ring (bicyclic) bond motifs is 2. The van der Waals surface area contributed by atoms with Crippen molar-refractivity contribution in [3.05, 3.63) is 64.5 Å². The Morgan fingerprint density at radius 1 is 1.22 bits per heavy atom. The topological polar surface area (TPSA) is 61.8 Å². The molecule has 0 bridgehead atoms. The number of benzene rings is 2. The summed E-state index contributed by atoms with van der Waals surface area (Å²) >= 11 is 0. The van der Waals surface area contributed by atoms with Gasteiger partial charge >= 0.3 is 0 Å². The third-order valence-electron chi connectivity index (χ3n) is 6.71. The van der Waals surface area contributed by atoms with Crippen molar-refractivity contribution in [3.63, 3.8) is 0 Å². The smallest absolute Gasteiger partial charge is 0.260 e. The van der Waals surface area contributed by atoms with E-state index < -0.39 is 5.60 Å². The maximum Gasteiger partial charge on any atom is 0.260 e. The number of nitrogens with zero attached hydrogens (tertiary/aromatic N) is 1. The molecule has 168 valence electrons. The molecule has 2 aromatic rings. The van der Waals surface area contributed by atoms with E-state index >= 15 is 0 Å². The first-order chi connectivity index (χ1) is 15.3. The average molecular weight is 437 g/mol. The number of amides is 1. The number of piperidine rings is 1. The number of hydrogen-bond donors (Lipinski definition) is 2. The van der Waals surface area contributed by atoms with Gasteiger partial charge in [0.25, 0.3) is 5.91 Å². The molecule has 2 aromatic carbocycles. The van der Waals surface area contributed by atoms with Crippen LogP contribution in [0, 0.1) is 5.82 Å². The van der Waals surface area contributed by atoms with Gasteiger partial charge in [-0.1, -0.05) is 18.2 Å². The lowest BCUT2D eigenvalue weighted by Crippen LogP contribution is -2.38. The summed E-state index contributed by atoms with van der Waals surface area (Å²) in [5.41, 5.74) is 4.12. The molecular weight excluding hydrogens is 407 g/mol. The fourth-order valence-corrected chi connectivity index (χ4v) is 5.10. The Kier molecular flexibility index (Phi) is 5.30. The van der Waals surface area contributed by atoms with Gasteiger partial charge in [0.1, 0.15) is 17.2 Å². The Balaban J connectivity index is 1.41. The van der Waals surface area contributed by atoms with Gasteiger partial charge in [-0.3, -0.25) is 4.79 Å². The zero-order chi connectivity index (χ0) is 22.5. The van der Waals surface area contributed by atoms with E-state index in [1.165, 1.54) is 17.7 Å². The maximum absolute atomic E-state index is 13.9. The predicted octanol–water partition coefficient (Wildman–Crippen LogP) is 4.30. The van der Waals surface area contributed by atoms with Gasteiger partial charge in [0.05, 0.1) is 11.7 Å². The van der Waals surface area contributed by atoms with Crippen LogP contribution in [0.5, 0.6) is 0 Å². The monoisotopic (exact) mass is 436 g/mol. The molecule has 1 amide bonds. The first-order valence-electron chi connectivity index (χ1n) is 11.4. The van der Waals surface area contributed by atoms with E-state index in [9.17, 15) is 14.3 Å².